The standard InChI is InChI=1S/C29H22N4/c1-3-7-23-21(5-1)25-27(32-17-19-9-13-30-14-10-19)28(33-18-20-11-15-31-16-12-20)26-22-6-2-4-8-24(22)29(23,25)26/h1-18,25-28H. The zero-order valence-corrected chi connectivity index (χ0v) is 18.0. The average molecular weight is 427 g/mol. The molecule has 1 saturated carbocycles. The van der Waals surface area contributed by atoms with Crippen LogP contribution in [0, 0.1) is 0 Å². The van der Waals surface area contributed by atoms with Gasteiger partial charge in [0.1, 0.15) is 0 Å². The molecule has 7 rings (SSSR count). The van der Waals surface area contributed by atoms with E-state index in [-0.39, 0.29) is 17.5 Å². The number of hydrogen-bond donors (Lipinski definition) is 0. The van der Waals surface area contributed by atoms with Gasteiger partial charge in [-0.05, 0) is 57.6 Å². The Morgan fingerprint density at radius 2 is 1.00 bits per heavy atom. The van der Waals surface area contributed by atoms with Gasteiger partial charge in [-0.3, -0.25) is 20.0 Å². The molecule has 0 N–H and O–H groups in total. The molecule has 3 aliphatic rings. The van der Waals surface area contributed by atoms with Crippen LogP contribution in [0.1, 0.15) is 45.2 Å². The van der Waals surface area contributed by atoms with Gasteiger partial charge in [0.15, 0.2) is 0 Å². The second-order valence-corrected chi connectivity index (χ2v) is 9.10. The third kappa shape index (κ3) is 2.46. The highest BCUT2D eigenvalue weighted by molar-refractivity contribution is 5.82. The Bertz CT molecular complexity index is 1280. The first-order valence-electron chi connectivity index (χ1n) is 11.4. The molecule has 0 radical (unpaired) electrons. The fourth-order valence-corrected chi connectivity index (χ4v) is 6.53. The zero-order chi connectivity index (χ0) is 21.8. The van der Waals surface area contributed by atoms with Gasteiger partial charge < -0.3 is 0 Å². The van der Waals surface area contributed by atoms with Gasteiger partial charge in [-0.1, -0.05) is 48.5 Å². The van der Waals surface area contributed by atoms with Crippen LogP contribution in [-0.4, -0.2) is 34.5 Å². The minimum atomic E-state index is 0.0215. The topological polar surface area (TPSA) is 50.5 Å². The largest absolute Gasteiger partial charge is 0.286 e. The van der Waals surface area contributed by atoms with Crippen molar-refractivity contribution in [1.29, 1.82) is 0 Å². The molecule has 3 aliphatic carbocycles. The van der Waals surface area contributed by atoms with Crippen molar-refractivity contribution in [3.8, 4) is 0 Å². The summed E-state index contributed by atoms with van der Waals surface area (Å²) in [6, 6.07) is 26.0. The molecular formula is C29H22N4. The predicted molar refractivity (Wildman–Crippen MR) is 130 cm³/mol. The monoisotopic (exact) mass is 426 g/mol. The Hall–Kier alpha value is -3.92. The van der Waals surface area contributed by atoms with Crippen molar-refractivity contribution < 1.29 is 0 Å². The van der Waals surface area contributed by atoms with Gasteiger partial charge >= 0.3 is 0 Å². The Labute approximate surface area is 192 Å². The third-order valence-corrected chi connectivity index (χ3v) is 7.70. The molecule has 2 heterocycles. The van der Waals surface area contributed by atoms with Gasteiger partial charge in [-0.25, -0.2) is 0 Å². The Morgan fingerprint density at radius 3 is 1.45 bits per heavy atom. The third-order valence-electron chi connectivity index (χ3n) is 7.70. The van der Waals surface area contributed by atoms with Crippen molar-refractivity contribution >= 4 is 12.4 Å². The van der Waals surface area contributed by atoms with Crippen molar-refractivity contribution in [3.05, 3.63) is 131 Å². The van der Waals surface area contributed by atoms with Crippen molar-refractivity contribution in [2.75, 3.05) is 0 Å². The molecule has 2 aromatic carbocycles. The molecule has 4 nitrogen and oxygen atoms in total. The molecule has 0 amide bonds. The van der Waals surface area contributed by atoms with E-state index in [1.807, 2.05) is 61.5 Å². The molecule has 0 saturated heterocycles. The molecule has 4 heteroatoms. The molecule has 33 heavy (non-hydrogen) atoms. The summed E-state index contributed by atoms with van der Waals surface area (Å²) >= 11 is 0. The van der Waals surface area contributed by atoms with Crippen LogP contribution >= 0.6 is 0 Å². The lowest BCUT2D eigenvalue weighted by Gasteiger charge is -2.58. The fraction of sp³-hybridized carbons (Fsp3) is 0.172. The van der Waals surface area contributed by atoms with Crippen LogP contribution in [0.5, 0.6) is 0 Å². The second-order valence-electron chi connectivity index (χ2n) is 9.10. The van der Waals surface area contributed by atoms with Crippen LogP contribution in [0.3, 0.4) is 0 Å². The minimum Gasteiger partial charge on any atom is -0.286 e. The maximum absolute atomic E-state index is 5.21. The summed E-state index contributed by atoms with van der Waals surface area (Å²) in [5.41, 5.74) is 7.94. The normalized spacial score (nSPS) is 28.5. The SMILES string of the molecule is C(=NC1C(N=Cc2ccncc2)C2c3ccccc3C23c2ccccc2C13)c1ccncc1. The zero-order valence-electron chi connectivity index (χ0n) is 18.0. The molecule has 1 spiro atoms. The summed E-state index contributed by atoms with van der Waals surface area (Å²) in [6.07, 6.45) is 11.3. The fourth-order valence-electron chi connectivity index (χ4n) is 6.53. The average Bonchev–Trinajstić information content (AvgIpc) is 3.07. The molecule has 4 aromatic rings. The maximum Gasteiger partial charge on any atom is 0.0810 e. The van der Waals surface area contributed by atoms with E-state index in [4.69, 9.17) is 9.98 Å². The van der Waals surface area contributed by atoms with E-state index in [9.17, 15) is 0 Å². The van der Waals surface area contributed by atoms with Gasteiger partial charge in [0.25, 0.3) is 0 Å². The summed E-state index contributed by atoms with van der Waals surface area (Å²) in [7, 11) is 0. The summed E-state index contributed by atoms with van der Waals surface area (Å²) in [6.45, 7) is 0. The molecular weight excluding hydrogens is 404 g/mol. The van der Waals surface area contributed by atoms with E-state index < -0.39 is 0 Å². The molecule has 2 aromatic heterocycles. The predicted octanol–water partition coefficient (Wildman–Crippen LogP) is 4.95. The van der Waals surface area contributed by atoms with Crippen molar-refractivity contribution in [2.45, 2.75) is 29.3 Å². The van der Waals surface area contributed by atoms with E-state index in [0.717, 1.165) is 11.1 Å². The van der Waals surface area contributed by atoms with E-state index in [1.54, 1.807) is 0 Å². The molecule has 0 bridgehead atoms. The van der Waals surface area contributed by atoms with Gasteiger partial charge in [0.2, 0.25) is 0 Å². The van der Waals surface area contributed by atoms with Crippen LogP contribution in [-0.2, 0) is 5.41 Å². The van der Waals surface area contributed by atoms with E-state index in [0.29, 0.717) is 11.8 Å². The highest BCUT2D eigenvalue weighted by atomic mass is 15.0. The highest BCUT2D eigenvalue weighted by Gasteiger charge is 2.74. The first-order valence-corrected chi connectivity index (χ1v) is 11.4. The number of aliphatic imine (C=N–C) groups is 2. The van der Waals surface area contributed by atoms with Gasteiger partial charge in [0, 0.05) is 54.5 Å². The summed E-state index contributed by atoms with van der Waals surface area (Å²) in [5, 5.41) is 0. The first-order chi connectivity index (χ1) is 16.4. The van der Waals surface area contributed by atoms with Crippen LogP contribution in [0.4, 0.5) is 0 Å². The van der Waals surface area contributed by atoms with Crippen LogP contribution in [0.15, 0.2) is 108 Å². The molecule has 4 atom stereocenters. The van der Waals surface area contributed by atoms with Gasteiger partial charge in [-0.2, -0.15) is 0 Å². The van der Waals surface area contributed by atoms with E-state index in [2.05, 4.69) is 58.5 Å². The van der Waals surface area contributed by atoms with Crippen LogP contribution in [0.2, 0.25) is 0 Å². The Kier molecular flexibility index (Phi) is 3.98. The molecule has 4 unspecified atom stereocenters. The number of aromatic nitrogens is 2. The number of pyridine rings is 2. The van der Waals surface area contributed by atoms with Crippen molar-refractivity contribution in [3.63, 3.8) is 0 Å². The van der Waals surface area contributed by atoms with Crippen molar-refractivity contribution in [2.24, 2.45) is 9.98 Å². The molecule has 1 fully saturated rings. The van der Waals surface area contributed by atoms with E-state index in [1.165, 1.54) is 22.3 Å². The summed E-state index contributed by atoms with van der Waals surface area (Å²) in [4.78, 5) is 18.7. The quantitative estimate of drug-likeness (QED) is 0.434. The van der Waals surface area contributed by atoms with Gasteiger partial charge in [0.05, 0.1) is 12.1 Å². The number of fused-ring (bicyclic) bond motifs is 4. The molecule has 0 aliphatic heterocycles. The lowest BCUT2D eigenvalue weighted by Crippen LogP contribution is -2.53. The number of hydrogen-bond acceptors (Lipinski definition) is 4. The number of benzene rings is 2. The lowest BCUT2D eigenvalue weighted by molar-refractivity contribution is 0.305. The van der Waals surface area contributed by atoms with Crippen molar-refractivity contribution in [1.82, 2.24) is 9.97 Å². The Morgan fingerprint density at radius 1 is 0.576 bits per heavy atom. The Balaban J connectivity index is 1.39. The maximum atomic E-state index is 5.21. The van der Waals surface area contributed by atoms with Crippen LogP contribution < -0.4 is 0 Å². The summed E-state index contributed by atoms with van der Waals surface area (Å²) in [5.74, 6) is 0.678. The smallest absolute Gasteiger partial charge is 0.0810 e. The first kappa shape index (κ1) is 18.6. The molecule has 158 valence electrons. The van der Waals surface area contributed by atoms with Gasteiger partial charge in [-0.15, -0.1) is 0 Å². The van der Waals surface area contributed by atoms with E-state index >= 15 is 0 Å². The highest BCUT2D eigenvalue weighted by Crippen LogP contribution is 2.76. The minimum absolute atomic E-state index is 0.0215. The second kappa shape index (κ2) is 7.04. The van der Waals surface area contributed by atoms with Crippen LogP contribution in [0.25, 0.3) is 0 Å². The number of nitrogens with zero attached hydrogens (tertiary/aromatic N) is 4. The number of rotatable bonds is 4. The summed E-state index contributed by atoms with van der Waals surface area (Å²) < 4.78 is 0. The lowest BCUT2D eigenvalue weighted by atomic mass is 9.43.